The zero-order valence-electron chi connectivity index (χ0n) is 17.1. The second-order valence-electron chi connectivity index (χ2n) is 6.77. The van der Waals surface area contributed by atoms with E-state index in [4.69, 9.17) is 15.2 Å². The third-order valence-electron chi connectivity index (χ3n) is 4.48. The summed E-state index contributed by atoms with van der Waals surface area (Å²) in [5.41, 5.74) is 5.45. The molecule has 31 heavy (non-hydrogen) atoms. The molecule has 10 nitrogen and oxygen atoms in total. The maximum atomic E-state index is 12.4. The van der Waals surface area contributed by atoms with E-state index < -0.39 is 11.5 Å². The molecule has 1 aromatic carbocycles. The number of ether oxygens (including phenoxy) is 2. The van der Waals surface area contributed by atoms with Gasteiger partial charge in [-0.15, -0.1) is 0 Å². The summed E-state index contributed by atoms with van der Waals surface area (Å²) in [6.07, 6.45) is 1.99. The molecular weight excluding hydrogens is 422 g/mol. The van der Waals surface area contributed by atoms with Crippen LogP contribution in [0.4, 0.5) is 11.5 Å². The lowest BCUT2D eigenvalue weighted by Gasteiger charge is -2.11. The molecule has 2 aromatic rings. The molecule has 1 unspecified atom stereocenters. The Balaban J connectivity index is 1.56. The first-order valence-electron chi connectivity index (χ1n) is 9.91. The number of aromatic nitrogens is 2. The van der Waals surface area contributed by atoms with Crippen LogP contribution < -0.4 is 26.7 Å². The predicted octanol–water partition coefficient (Wildman–Crippen LogP) is 1.39. The number of amides is 2. The Kier molecular flexibility index (Phi) is 7.90. The Hall–Kier alpha value is -3.05. The van der Waals surface area contributed by atoms with Crippen LogP contribution in [0.25, 0.3) is 0 Å². The molecule has 2 heterocycles. The zero-order chi connectivity index (χ0) is 22.2. The molecule has 1 saturated heterocycles. The van der Waals surface area contributed by atoms with Crippen molar-refractivity contribution in [3.63, 3.8) is 0 Å². The van der Waals surface area contributed by atoms with Crippen LogP contribution in [-0.2, 0) is 9.53 Å². The lowest BCUT2D eigenvalue weighted by molar-refractivity contribution is -0.119. The van der Waals surface area contributed by atoms with E-state index >= 15 is 0 Å². The molecule has 0 bridgehead atoms. The van der Waals surface area contributed by atoms with E-state index in [9.17, 15) is 14.4 Å². The molecule has 0 aliphatic carbocycles. The Bertz CT molecular complexity index is 973. The molecule has 2 amide bonds. The van der Waals surface area contributed by atoms with Crippen LogP contribution in [0.5, 0.6) is 5.75 Å². The Labute approximate surface area is 183 Å². The maximum absolute atomic E-state index is 12.4. The fourth-order valence-corrected chi connectivity index (χ4v) is 3.63. The van der Waals surface area contributed by atoms with Gasteiger partial charge in [0.1, 0.15) is 11.4 Å². The molecule has 0 spiro atoms. The minimum Gasteiger partial charge on any atom is -0.494 e. The van der Waals surface area contributed by atoms with Crippen molar-refractivity contribution in [2.75, 3.05) is 36.6 Å². The van der Waals surface area contributed by atoms with Crippen LogP contribution in [0.15, 0.2) is 34.2 Å². The molecule has 5 N–H and O–H groups in total. The largest absolute Gasteiger partial charge is 0.494 e. The van der Waals surface area contributed by atoms with Crippen LogP contribution in [0.3, 0.4) is 0 Å². The SMILES string of the molecule is CCOc1ccc(C(=O)Nc2c(N)nc(SCC(=O)NCC3CCCO3)[nH]c2=O)cc1. The van der Waals surface area contributed by atoms with Crippen LogP contribution >= 0.6 is 11.8 Å². The number of H-pyrrole nitrogens is 1. The highest BCUT2D eigenvalue weighted by Crippen LogP contribution is 2.18. The topological polar surface area (TPSA) is 148 Å². The summed E-state index contributed by atoms with van der Waals surface area (Å²) in [5, 5.41) is 5.45. The number of nitrogens with one attached hydrogen (secondary N) is 3. The summed E-state index contributed by atoms with van der Waals surface area (Å²) in [6.45, 7) is 3.57. The van der Waals surface area contributed by atoms with Crippen LogP contribution in [-0.4, -0.2) is 53.4 Å². The molecule has 1 aromatic heterocycles. The number of carbonyl (C=O) groups excluding carboxylic acids is 2. The van der Waals surface area contributed by atoms with Crippen molar-refractivity contribution < 1.29 is 19.1 Å². The lowest BCUT2D eigenvalue weighted by atomic mass is 10.2. The van der Waals surface area contributed by atoms with Gasteiger partial charge in [-0.05, 0) is 44.0 Å². The van der Waals surface area contributed by atoms with E-state index in [-0.39, 0.29) is 34.4 Å². The minimum atomic E-state index is -0.603. The highest BCUT2D eigenvalue weighted by atomic mass is 32.2. The van der Waals surface area contributed by atoms with E-state index in [2.05, 4.69) is 20.6 Å². The van der Waals surface area contributed by atoms with Gasteiger partial charge >= 0.3 is 0 Å². The average molecular weight is 448 g/mol. The lowest BCUT2D eigenvalue weighted by Crippen LogP contribution is -2.33. The van der Waals surface area contributed by atoms with Gasteiger partial charge in [-0.2, -0.15) is 0 Å². The van der Waals surface area contributed by atoms with Crippen molar-refractivity contribution in [2.45, 2.75) is 31.0 Å². The fraction of sp³-hybridized carbons (Fsp3) is 0.400. The van der Waals surface area contributed by atoms with E-state index in [0.717, 1.165) is 31.2 Å². The summed E-state index contributed by atoms with van der Waals surface area (Å²) in [4.78, 5) is 43.4. The highest BCUT2D eigenvalue weighted by Gasteiger charge is 2.17. The molecule has 1 aliphatic rings. The second-order valence-corrected chi connectivity index (χ2v) is 7.73. The van der Waals surface area contributed by atoms with Gasteiger partial charge in [0.15, 0.2) is 11.0 Å². The molecule has 0 radical (unpaired) electrons. The van der Waals surface area contributed by atoms with E-state index in [1.807, 2.05) is 6.92 Å². The Morgan fingerprint density at radius 3 is 2.77 bits per heavy atom. The number of nitrogen functional groups attached to an aromatic ring is 1. The van der Waals surface area contributed by atoms with Gasteiger partial charge < -0.3 is 25.8 Å². The molecule has 1 atom stereocenters. The number of hydrogen-bond donors (Lipinski definition) is 4. The number of thioether (sulfide) groups is 1. The Morgan fingerprint density at radius 1 is 1.35 bits per heavy atom. The van der Waals surface area contributed by atoms with Crippen LogP contribution in [0, 0.1) is 0 Å². The predicted molar refractivity (Wildman–Crippen MR) is 118 cm³/mol. The van der Waals surface area contributed by atoms with Crippen LogP contribution in [0.2, 0.25) is 0 Å². The fourth-order valence-electron chi connectivity index (χ4n) is 2.93. The standard InChI is InChI=1S/C20H25N5O5S/c1-2-29-13-7-5-12(6-8-13)18(27)23-16-17(21)24-20(25-19(16)28)31-11-15(26)22-10-14-4-3-9-30-14/h5-8,14H,2-4,9-11H2,1H3,(H,22,26)(H,23,27)(H3,21,24,25,28). The van der Waals surface area contributed by atoms with E-state index in [1.54, 1.807) is 24.3 Å². The zero-order valence-corrected chi connectivity index (χ0v) is 17.9. The number of rotatable bonds is 9. The van der Waals surface area contributed by atoms with Crippen molar-refractivity contribution in [2.24, 2.45) is 0 Å². The van der Waals surface area contributed by atoms with Crippen molar-refractivity contribution in [3.05, 3.63) is 40.2 Å². The number of nitrogens with zero attached hydrogens (tertiary/aromatic N) is 1. The summed E-state index contributed by atoms with van der Waals surface area (Å²) in [6, 6.07) is 6.48. The third kappa shape index (κ3) is 6.46. The van der Waals surface area contributed by atoms with E-state index in [1.165, 1.54) is 0 Å². The number of carbonyl (C=O) groups is 2. The molecule has 166 valence electrons. The van der Waals surface area contributed by atoms with Gasteiger partial charge in [0, 0.05) is 18.7 Å². The second kappa shape index (κ2) is 10.8. The third-order valence-corrected chi connectivity index (χ3v) is 5.36. The number of nitrogens with two attached hydrogens (primary N) is 1. The smallest absolute Gasteiger partial charge is 0.277 e. The molecule has 1 aliphatic heterocycles. The van der Waals surface area contributed by atoms with Crippen LogP contribution in [0.1, 0.15) is 30.1 Å². The van der Waals surface area contributed by atoms with Crippen molar-refractivity contribution in [1.29, 1.82) is 0 Å². The van der Waals surface area contributed by atoms with Crippen molar-refractivity contribution in [1.82, 2.24) is 15.3 Å². The monoisotopic (exact) mass is 447 g/mol. The van der Waals surface area contributed by atoms with Crippen molar-refractivity contribution in [3.8, 4) is 5.75 Å². The first-order valence-corrected chi connectivity index (χ1v) is 10.9. The summed E-state index contributed by atoms with van der Waals surface area (Å²) in [7, 11) is 0. The van der Waals surface area contributed by atoms with Gasteiger partial charge in [0.2, 0.25) is 5.91 Å². The van der Waals surface area contributed by atoms with Gasteiger partial charge in [-0.1, -0.05) is 11.8 Å². The minimum absolute atomic E-state index is 0.0563. The molecule has 11 heteroatoms. The summed E-state index contributed by atoms with van der Waals surface area (Å²) < 4.78 is 10.8. The molecular formula is C20H25N5O5S. The van der Waals surface area contributed by atoms with Crippen molar-refractivity contribution >= 4 is 35.1 Å². The number of aromatic amines is 1. The first-order chi connectivity index (χ1) is 15.0. The summed E-state index contributed by atoms with van der Waals surface area (Å²) in [5.74, 6) is -0.136. The average Bonchev–Trinajstić information content (AvgIpc) is 3.28. The Morgan fingerprint density at radius 2 is 2.13 bits per heavy atom. The molecule has 1 fully saturated rings. The van der Waals surface area contributed by atoms with Gasteiger partial charge in [-0.3, -0.25) is 19.4 Å². The van der Waals surface area contributed by atoms with Gasteiger partial charge in [0.25, 0.3) is 11.5 Å². The van der Waals surface area contributed by atoms with Gasteiger partial charge in [-0.25, -0.2) is 4.98 Å². The quantitative estimate of drug-likeness (QED) is 0.333. The number of anilines is 2. The normalized spacial score (nSPS) is 15.5. The van der Waals surface area contributed by atoms with Gasteiger partial charge in [0.05, 0.1) is 18.5 Å². The number of benzene rings is 1. The highest BCUT2D eigenvalue weighted by molar-refractivity contribution is 7.99. The molecule has 0 saturated carbocycles. The summed E-state index contributed by atoms with van der Waals surface area (Å²) >= 11 is 1.04. The first kappa shape index (κ1) is 22.6. The van der Waals surface area contributed by atoms with E-state index in [0.29, 0.717) is 24.5 Å². The number of hydrogen-bond acceptors (Lipinski definition) is 8. The molecule has 3 rings (SSSR count). The maximum Gasteiger partial charge on any atom is 0.277 e.